The molecule has 0 amide bonds. The molecule has 0 spiro atoms. The third-order valence-corrected chi connectivity index (χ3v) is 4.08. The molecular weight excluding hydrogens is 296 g/mol. The van der Waals surface area contributed by atoms with E-state index in [1.54, 1.807) is 13.1 Å². The van der Waals surface area contributed by atoms with Crippen molar-refractivity contribution in [3.63, 3.8) is 0 Å². The van der Waals surface area contributed by atoms with E-state index in [1.807, 2.05) is 48.5 Å². The molecule has 5 heteroatoms. The fraction of sp³-hybridized carbons (Fsp3) is 0.118. The first-order valence-corrected chi connectivity index (χ1v) is 7.76. The van der Waals surface area contributed by atoms with Crippen LogP contribution in [0.5, 0.6) is 0 Å². The van der Waals surface area contributed by atoms with Crippen molar-refractivity contribution in [3.05, 3.63) is 59.6 Å². The molecule has 0 aliphatic carbocycles. The van der Waals surface area contributed by atoms with Crippen LogP contribution in [0.25, 0.3) is 22.0 Å². The minimum Gasteiger partial charge on any atom is -0.462 e. The Labute approximate surface area is 132 Å². The lowest BCUT2D eigenvalue weighted by Crippen LogP contribution is -2.03. The summed E-state index contributed by atoms with van der Waals surface area (Å²) in [5.74, 6) is -0.346. The normalized spacial score (nSPS) is 10.4. The lowest BCUT2D eigenvalue weighted by Gasteiger charge is -2.01. The highest BCUT2D eigenvalue weighted by Gasteiger charge is 2.21. The molecule has 2 heterocycles. The van der Waals surface area contributed by atoms with Crippen molar-refractivity contribution in [3.8, 4) is 22.0 Å². The van der Waals surface area contributed by atoms with Gasteiger partial charge in [0.05, 0.1) is 18.0 Å². The summed E-state index contributed by atoms with van der Waals surface area (Å²) >= 11 is 1.31. The molecule has 0 radical (unpaired) electrons. The summed E-state index contributed by atoms with van der Waals surface area (Å²) in [7, 11) is 0. The van der Waals surface area contributed by atoms with Gasteiger partial charge in [0.1, 0.15) is 9.88 Å². The smallest absolute Gasteiger partial charge is 0.350 e. The lowest BCUT2D eigenvalue weighted by molar-refractivity contribution is 0.0532. The monoisotopic (exact) mass is 310 g/mol. The number of thiazole rings is 1. The van der Waals surface area contributed by atoms with Crippen LogP contribution in [-0.4, -0.2) is 22.5 Å². The molecule has 0 N–H and O–H groups in total. The number of pyridine rings is 1. The van der Waals surface area contributed by atoms with Crippen LogP contribution in [0.4, 0.5) is 0 Å². The van der Waals surface area contributed by atoms with Crippen LogP contribution in [0.3, 0.4) is 0 Å². The topological polar surface area (TPSA) is 52.1 Å². The second-order valence-electron chi connectivity index (χ2n) is 4.50. The van der Waals surface area contributed by atoms with Gasteiger partial charge in [0.15, 0.2) is 0 Å². The van der Waals surface area contributed by atoms with Crippen LogP contribution in [0.15, 0.2) is 54.7 Å². The molecule has 0 aliphatic heterocycles. The molecule has 22 heavy (non-hydrogen) atoms. The molecule has 0 bridgehead atoms. The molecule has 2 aromatic heterocycles. The number of carbonyl (C=O) groups excluding carboxylic acids is 1. The van der Waals surface area contributed by atoms with Crippen molar-refractivity contribution in [1.29, 1.82) is 0 Å². The fourth-order valence-corrected chi connectivity index (χ4v) is 3.00. The molecule has 0 fully saturated rings. The highest BCUT2D eigenvalue weighted by Crippen LogP contribution is 2.33. The maximum Gasteiger partial charge on any atom is 0.350 e. The van der Waals surface area contributed by atoms with Crippen LogP contribution in [0.2, 0.25) is 0 Å². The van der Waals surface area contributed by atoms with Crippen molar-refractivity contribution in [2.45, 2.75) is 6.92 Å². The fourth-order valence-electron chi connectivity index (χ4n) is 2.05. The van der Waals surface area contributed by atoms with Gasteiger partial charge in [-0.2, -0.15) is 0 Å². The second-order valence-corrected chi connectivity index (χ2v) is 5.50. The Balaban J connectivity index is 2.11. The average molecular weight is 310 g/mol. The number of ether oxygens (including phenoxy) is 1. The number of aromatic nitrogens is 2. The predicted octanol–water partition coefficient (Wildman–Crippen LogP) is 4.05. The van der Waals surface area contributed by atoms with E-state index >= 15 is 0 Å². The van der Waals surface area contributed by atoms with Gasteiger partial charge >= 0.3 is 5.97 Å². The number of esters is 1. The standard InChI is InChI=1S/C17H14N2O2S/c1-2-21-17(20)15-14(12-8-4-3-5-9-12)19-16(22-15)13-10-6-7-11-18-13/h3-11H,2H2,1H3. The molecule has 4 nitrogen and oxygen atoms in total. The van der Waals surface area contributed by atoms with E-state index in [1.165, 1.54) is 11.3 Å². The molecule has 0 unspecified atom stereocenters. The molecule has 0 atom stereocenters. The van der Waals surface area contributed by atoms with Crippen LogP contribution >= 0.6 is 11.3 Å². The minimum absolute atomic E-state index is 0.337. The number of rotatable bonds is 4. The zero-order valence-electron chi connectivity index (χ0n) is 12.0. The van der Waals surface area contributed by atoms with Gasteiger partial charge in [-0.15, -0.1) is 11.3 Å². The van der Waals surface area contributed by atoms with Gasteiger partial charge in [-0.05, 0) is 19.1 Å². The van der Waals surface area contributed by atoms with E-state index in [2.05, 4.69) is 9.97 Å². The van der Waals surface area contributed by atoms with Crippen LogP contribution < -0.4 is 0 Å². The van der Waals surface area contributed by atoms with Crippen molar-refractivity contribution in [2.24, 2.45) is 0 Å². The van der Waals surface area contributed by atoms with Crippen LogP contribution in [0.1, 0.15) is 16.6 Å². The zero-order chi connectivity index (χ0) is 15.4. The Bertz CT molecular complexity index is 770. The van der Waals surface area contributed by atoms with Gasteiger partial charge in [0.25, 0.3) is 0 Å². The van der Waals surface area contributed by atoms with E-state index < -0.39 is 0 Å². The Morgan fingerprint density at radius 3 is 2.59 bits per heavy atom. The third-order valence-electron chi connectivity index (χ3n) is 3.02. The predicted molar refractivity (Wildman–Crippen MR) is 86.7 cm³/mol. The summed E-state index contributed by atoms with van der Waals surface area (Å²) in [5.41, 5.74) is 2.29. The van der Waals surface area contributed by atoms with Crippen molar-refractivity contribution in [2.75, 3.05) is 6.61 Å². The van der Waals surface area contributed by atoms with E-state index in [-0.39, 0.29) is 5.97 Å². The largest absolute Gasteiger partial charge is 0.462 e. The first-order chi connectivity index (χ1) is 10.8. The van der Waals surface area contributed by atoms with Gasteiger partial charge in [-0.25, -0.2) is 9.78 Å². The molecule has 1 aromatic carbocycles. The minimum atomic E-state index is -0.346. The Morgan fingerprint density at radius 1 is 1.14 bits per heavy atom. The Kier molecular flexibility index (Phi) is 4.25. The maximum atomic E-state index is 12.2. The van der Waals surface area contributed by atoms with Crippen molar-refractivity contribution < 1.29 is 9.53 Å². The van der Waals surface area contributed by atoms with Gasteiger partial charge in [-0.3, -0.25) is 4.98 Å². The highest BCUT2D eigenvalue weighted by molar-refractivity contribution is 7.17. The Hall–Kier alpha value is -2.53. The SMILES string of the molecule is CCOC(=O)c1sc(-c2ccccn2)nc1-c1ccccc1. The van der Waals surface area contributed by atoms with Crippen molar-refractivity contribution >= 4 is 17.3 Å². The van der Waals surface area contributed by atoms with Gasteiger partial charge in [0, 0.05) is 11.8 Å². The molecule has 0 saturated carbocycles. The molecule has 0 saturated heterocycles. The zero-order valence-corrected chi connectivity index (χ0v) is 12.8. The van der Waals surface area contributed by atoms with Gasteiger partial charge in [-0.1, -0.05) is 36.4 Å². The molecule has 3 rings (SSSR count). The summed E-state index contributed by atoms with van der Waals surface area (Å²) in [6, 6.07) is 15.3. The van der Waals surface area contributed by atoms with E-state index in [4.69, 9.17) is 4.74 Å². The van der Waals surface area contributed by atoms with Gasteiger partial charge < -0.3 is 4.74 Å². The second kappa shape index (κ2) is 6.49. The number of hydrogen-bond donors (Lipinski definition) is 0. The van der Waals surface area contributed by atoms with Gasteiger partial charge in [0.2, 0.25) is 0 Å². The number of hydrogen-bond acceptors (Lipinski definition) is 5. The first-order valence-electron chi connectivity index (χ1n) is 6.94. The molecule has 110 valence electrons. The molecule has 0 aliphatic rings. The quantitative estimate of drug-likeness (QED) is 0.682. The first kappa shape index (κ1) is 14.4. The summed E-state index contributed by atoms with van der Waals surface area (Å²) in [5, 5.41) is 0.711. The number of carbonyl (C=O) groups is 1. The summed E-state index contributed by atoms with van der Waals surface area (Å²) in [6.45, 7) is 2.13. The summed E-state index contributed by atoms with van der Waals surface area (Å²) < 4.78 is 5.15. The summed E-state index contributed by atoms with van der Waals surface area (Å²) in [4.78, 5) is 21.6. The average Bonchev–Trinajstić information content (AvgIpc) is 3.02. The molecular formula is C17H14N2O2S. The van der Waals surface area contributed by atoms with Crippen molar-refractivity contribution in [1.82, 2.24) is 9.97 Å². The van der Waals surface area contributed by atoms with E-state index in [9.17, 15) is 4.79 Å². The summed E-state index contributed by atoms with van der Waals surface area (Å²) in [6.07, 6.45) is 1.71. The maximum absolute atomic E-state index is 12.2. The lowest BCUT2D eigenvalue weighted by atomic mass is 10.1. The Morgan fingerprint density at radius 2 is 1.91 bits per heavy atom. The van der Waals surface area contributed by atoms with Crippen LogP contribution in [-0.2, 0) is 4.74 Å². The van der Waals surface area contributed by atoms with E-state index in [0.29, 0.717) is 22.2 Å². The number of benzene rings is 1. The highest BCUT2D eigenvalue weighted by atomic mass is 32.1. The number of nitrogens with zero attached hydrogens (tertiary/aromatic N) is 2. The third kappa shape index (κ3) is 2.89. The van der Waals surface area contributed by atoms with E-state index in [0.717, 1.165) is 11.3 Å². The van der Waals surface area contributed by atoms with Crippen LogP contribution in [0, 0.1) is 0 Å². The molecule has 3 aromatic rings.